The molecule has 3 aromatic rings. The maximum absolute atomic E-state index is 13.8. The van der Waals surface area contributed by atoms with E-state index in [2.05, 4.69) is 4.99 Å². The fourth-order valence-corrected chi connectivity index (χ4v) is 5.52. The number of thiazole rings is 1. The van der Waals surface area contributed by atoms with Crippen molar-refractivity contribution in [2.24, 2.45) is 4.99 Å². The molecule has 0 radical (unpaired) electrons. The van der Waals surface area contributed by atoms with Crippen LogP contribution in [0.2, 0.25) is 0 Å². The topological polar surface area (TPSA) is 81.0 Å². The van der Waals surface area contributed by atoms with Crippen LogP contribution < -0.4 is 19.8 Å². The van der Waals surface area contributed by atoms with E-state index < -0.39 is 12.0 Å². The second-order valence-corrected chi connectivity index (χ2v) is 8.77. The Hall–Kier alpha value is -3.78. The van der Waals surface area contributed by atoms with Crippen molar-refractivity contribution < 1.29 is 14.3 Å². The molecule has 1 unspecified atom stereocenters. The summed E-state index contributed by atoms with van der Waals surface area (Å²) in [5.74, 6) is -0.744. The summed E-state index contributed by atoms with van der Waals surface area (Å²) in [4.78, 5) is 46.5. The number of carbonyl (C=O) groups is 2. The number of allylic oxidation sites excluding steroid dienone is 1. The van der Waals surface area contributed by atoms with Gasteiger partial charge in [-0.2, -0.15) is 0 Å². The number of likely N-dealkylation sites (N-methyl/N-ethyl adjacent to an activating group) is 1. The van der Waals surface area contributed by atoms with E-state index in [1.54, 1.807) is 25.8 Å². The van der Waals surface area contributed by atoms with Gasteiger partial charge in [-0.15, -0.1) is 0 Å². The van der Waals surface area contributed by atoms with Crippen LogP contribution in [-0.2, 0) is 14.3 Å². The second kappa shape index (κ2) is 7.97. The van der Waals surface area contributed by atoms with Crippen LogP contribution in [0, 0.1) is 0 Å². The molecule has 1 aromatic heterocycles. The van der Waals surface area contributed by atoms with Gasteiger partial charge in [0.1, 0.15) is 4.53 Å². The summed E-state index contributed by atoms with van der Waals surface area (Å²) in [6, 6.07) is 16.0. The molecule has 166 valence electrons. The molecular formula is C25H21N3O4S. The number of aromatic nitrogens is 1. The molecule has 0 fully saturated rings. The molecule has 0 saturated heterocycles. The maximum atomic E-state index is 13.8. The van der Waals surface area contributed by atoms with Crippen LogP contribution >= 0.6 is 11.3 Å². The van der Waals surface area contributed by atoms with Crippen molar-refractivity contribution in [3.63, 3.8) is 0 Å². The standard InChI is InChI=1S/C25H21N3O4S/c1-4-32-24(31)18-14(2)26-25-28(20(18)15-10-6-5-7-11-15)23(30)21(33-25)19-16-12-8-9-13-17(16)27(3)22(19)29/h5-13,20H,4H2,1-3H3. The lowest BCUT2D eigenvalue weighted by atomic mass is 9.96. The van der Waals surface area contributed by atoms with E-state index in [1.807, 2.05) is 54.6 Å². The van der Waals surface area contributed by atoms with Gasteiger partial charge < -0.3 is 9.64 Å². The minimum Gasteiger partial charge on any atom is -0.463 e. The number of fused-ring (bicyclic) bond motifs is 2. The van der Waals surface area contributed by atoms with Gasteiger partial charge in [-0.25, -0.2) is 9.79 Å². The van der Waals surface area contributed by atoms with Gasteiger partial charge in [-0.05, 0) is 25.5 Å². The van der Waals surface area contributed by atoms with Gasteiger partial charge in [0.05, 0.1) is 35.2 Å². The molecular weight excluding hydrogens is 438 g/mol. The Labute approximate surface area is 193 Å². The Bertz CT molecular complexity index is 1510. The number of para-hydroxylation sites is 1. The van der Waals surface area contributed by atoms with Gasteiger partial charge in [-0.3, -0.25) is 14.2 Å². The van der Waals surface area contributed by atoms with Gasteiger partial charge in [0.15, 0.2) is 4.80 Å². The Kier molecular flexibility index (Phi) is 5.09. The van der Waals surface area contributed by atoms with Crippen molar-refractivity contribution in [3.8, 4) is 0 Å². The minimum absolute atomic E-state index is 0.212. The van der Waals surface area contributed by atoms with Crippen molar-refractivity contribution >= 4 is 34.5 Å². The SMILES string of the molecule is CCOC(=O)C1=C(C)N=c2sc(=C3C(=O)N(C)c4ccccc43)c(=O)n2C1c1ccccc1. The van der Waals surface area contributed by atoms with E-state index in [0.29, 0.717) is 31.7 Å². The molecule has 2 aromatic carbocycles. The highest BCUT2D eigenvalue weighted by Crippen LogP contribution is 2.34. The molecule has 2 aliphatic heterocycles. The van der Waals surface area contributed by atoms with Gasteiger partial charge in [-0.1, -0.05) is 59.9 Å². The van der Waals surface area contributed by atoms with Crippen molar-refractivity contribution in [2.75, 3.05) is 18.6 Å². The third-order valence-corrected chi connectivity index (χ3v) is 6.94. The largest absolute Gasteiger partial charge is 0.463 e. The third-order valence-electron chi connectivity index (χ3n) is 5.89. The Morgan fingerprint density at radius 2 is 1.79 bits per heavy atom. The summed E-state index contributed by atoms with van der Waals surface area (Å²) in [6.45, 7) is 3.69. The quantitative estimate of drug-likeness (QED) is 0.562. The highest BCUT2D eigenvalue weighted by Gasteiger charge is 2.36. The monoisotopic (exact) mass is 459 g/mol. The number of carbonyl (C=O) groups excluding carboxylic acids is 2. The fourth-order valence-electron chi connectivity index (χ4n) is 4.38. The average Bonchev–Trinajstić information content (AvgIpc) is 3.26. The molecule has 2 aliphatic rings. The van der Waals surface area contributed by atoms with Crippen LogP contribution in [0.5, 0.6) is 0 Å². The van der Waals surface area contributed by atoms with Crippen LogP contribution in [-0.4, -0.2) is 30.1 Å². The summed E-state index contributed by atoms with van der Waals surface area (Å²) in [7, 11) is 1.70. The Morgan fingerprint density at radius 3 is 2.52 bits per heavy atom. The lowest BCUT2D eigenvalue weighted by Gasteiger charge is -2.24. The molecule has 1 atom stereocenters. The van der Waals surface area contributed by atoms with E-state index >= 15 is 0 Å². The van der Waals surface area contributed by atoms with Crippen LogP contribution in [0.3, 0.4) is 0 Å². The minimum atomic E-state index is -0.694. The van der Waals surface area contributed by atoms with Gasteiger partial charge >= 0.3 is 5.97 Å². The predicted octanol–water partition coefficient (Wildman–Crippen LogP) is 2.14. The molecule has 8 heteroatoms. The lowest BCUT2D eigenvalue weighted by Crippen LogP contribution is -2.40. The number of nitrogens with zero attached hydrogens (tertiary/aromatic N) is 3. The van der Waals surface area contributed by atoms with Crippen molar-refractivity contribution in [1.82, 2.24) is 4.57 Å². The first-order chi connectivity index (χ1) is 15.9. The number of amides is 1. The van der Waals surface area contributed by atoms with E-state index in [9.17, 15) is 14.4 Å². The van der Waals surface area contributed by atoms with Crippen molar-refractivity contribution in [2.45, 2.75) is 19.9 Å². The summed E-state index contributed by atoms with van der Waals surface area (Å²) < 4.78 is 7.13. The Balaban J connectivity index is 1.84. The number of hydrogen-bond acceptors (Lipinski definition) is 6. The molecule has 0 saturated carbocycles. The summed E-state index contributed by atoms with van der Waals surface area (Å²) >= 11 is 1.17. The predicted molar refractivity (Wildman–Crippen MR) is 126 cm³/mol. The van der Waals surface area contributed by atoms with Crippen molar-refractivity contribution in [1.29, 1.82) is 0 Å². The van der Waals surface area contributed by atoms with E-state index in [-0.39, 0.29) is 18.1 Å². The number of rotatable bonds is 3. The number of benzene rings is 2. The third kappa shape index (κ3) is 3.17. The summed E-state index contributed by atoms with van der Waals surface area (Å²) in [5, 5.41) is 0. The first kappa shape index (κ1) is 21.1. The molecule has 0 aliphatic carbocycles. The first-order valence-corrected chi connectivity index (χ1v) is 11.4. The van der Waals surface area contributed by atoms with E-state index in [4.69, 9.17) is 4.74 Å². The van der Waals surface area contributed by atoms with Crippen LogP contribution in [0.1, 0.15) is 31.0 Å². The molecule has 0 N–H and O–H groups in total. The second-order valence-electron chi connectivity index (χ2n) is 7.79. The first-order valence-electron chi connectivity index (χ1n) is 10.6. The van der Waals surface area contributed by atoms with Crippen molar-refractivity contribution in [3.05, 3.63) is 96.7 Å². The Morgan fingerprint density at radius 1 is 1.09 bits per heavy atom. The zero-order valence-corrected chi connectivity index (χ0v) is 19.2. The molecule has 1 amide bonds. The molecule has 3 heterocycles. The average molecular weight is 460 g/mol. The lowest BCUT2D eigenvalue weighted by molar-refractivity contribution is -0.139. The fraction of sp³-hybridized carbons (Fsp3) is 0.200. The van der Waals surface area contributed by atoms with Crippen LogP contribution in [0.4, 0.5) is 5.69 Å². The van der Waals surface area contributed by atoms with Crippen LogP contribution in [0.15, 0.2) is 75.7 Å². The van der Waals surface area contributed by atoms with Crippen LogP contribution in [0.25, 0.3) is 5.57 Å². The molecule has 5 rings (SSSR count). The normalized spacial score (nSPS) is 18.7. The zero-order valence-electron chi connectivity index (χ0n) is 18.4. The molecule has 33 heavy (non-hydrogen) atoms. The van der Waals surface area contributed by atoms with Gasteiger partial charge in [0.25, 0.3) is 11.5 Å². The summed E-state index contributed by atoms with van der Waals surface area (Å²) in [5.41, 5.74) is 3.07. The summed E-state index contributed by atoms with van der Waals surface area (Å²) in [6.07, 6.45) is 0. The maximum Gasteiger partial charge on any atom is 0.338 e. The van der Waals surface area contributed by atoms with Gasteiger partial charge in [0.2, 0.25) is 0 Å². The van der Waals surface area contributed by atoms with E-state index in [0.717, 1.165) is 11.3 Å². The number of hydrogen-bond donors (Lipinski definition) is 0. The highest BCUT2D eigenvalue weighted by molar-refractivity contribution is 7.07. The smallest absolute Gasteiger partial charge is 0.338 e. The number of esters is 1. The number of ether oxygens (including phenoxy) is 1. The van der Waals surface area contributed by atoms with E-state index in [1.165, 1.54) is 15.9 Å². The molecule has 0 spiro atoms. The highest BCUT2D eigenvalue weighted by atomic mass is 32.1. The molecule has 0 bridgehead atoms. The molecule has 7 nitrogen and oxygen atoms in total. The van der Waals surface area contributed by atoms with Gasteiger partial charge in [0, 0.05) is 12.6 Å². The zero-order chi connectivity index (χ0) is 23.3. The number of anilines is 1.